The summed E-state index contributed by atoms with van der Waals surface area (Å²) in [5.41, 5.74) is 2.46. The molecule has 4 rings (SSSR count). The molecule has 0 bridgehead atoms. The highest BCUT2D eigenvalue weighted by atomic mass is 16.2. The van der Waals surface area contributed by atoms with Crippen molar-refractivity contribution in [3.8, 4) is 0 Å². The predicted molar refractivity (Wildman–Crippen MR) is 127 cm³/mol. The van der Waals surface area contributed by atoms with Gasteiger partial charge in [0.2, 0.25) is 5.91 Å². The van der Waals surface area contributed by atoms with Crippen molar-refractivity contribution in [3.05, 3.63) is 71.9 Å². The van der Waals surface area contributed by atoms with Gasteiger partial charge in [0.25, 0.3) is 5.91 Å². The molecule has 0 radical (unpaired) electrons. The number of nitrogens with zero attached hydrogens (tertiary/aromatic N) is 3. The van der Waals surface area contributed by atoms with Gasteiger partial charge in [0, 0.05) is 49.2 Å². The first kappa shape index (κ1) is 22.1. The van der Waals surface area contributed by atoms with Crippen LogP contribution in [0.4, 0.5) is 0 Å². The Bertz CT molecular complexity index is 1040. The average molecular weight is 433 g/mol. The molecule has 0 atom stereocenters. The van der Waals surface area contributed by atoms with Crippen molar-refractivity contribution in [1.29, 1.82) is 0 Å². The van der Waals surface area contributed by atoms with E-state index in [0.29, 0.717) is 45.0 Å². The van der Waals surface area contributed by atoms with Gasteiger partial charge in [-0.1, -0.05) is 48.5 Å². The SMILES string of the molecule is CC(C)(C)N(Cc1ccccc1)C(=O)CN1CCN(C(=O)c2cc3ccccc3[nH]2)CC1. The summed E-state index contributed by atoms with van der Waals surface area (Å²) in [6, 6.07) is 19.9. The van der Waals surface area contributed by atoms with Crippen molar-refractivity contribution >= 4 is 22.7 Å². The van der Waals surface area contributed by atoms with Gasteiger partial charge in [0.05, 0.1) is 6.54 Å². The molecule has 0 aliphatic carbocycles. The Morgan fingerprint density at radius 3 is 2.25 bits per heavy atom. The number of para-hydroxylation sites is 1. The molecular weight excluding hydrogens is 400 g/mol. The Morgan fingerprint density at radius 2 is 1.59 bits per heavy atom. The Balaban J connectivity index is 1.35. The molecule has 0 spiro atoms. The zero-order chi connectivity index (χ0) is 22.7. The van der Waals surface area contributed by atoms with Crippen LogP contribution in [-0.2, 0) is 11.3 Å². The van der Waals surface area contributed by atoms with Gasteiger partial charge in [-0.05, 0) is 38.5 Å². The van der Waals surface area contributed by atoms with Gasteiger partial charge in [-0.3, -0.25) is 14.5 Å². The monoisotopic (exact) mass is 432 g/mol. The smallest absolute Gasteiger partial charge is 0.270 e. The molecule has 3 aromatic rings. The molecule has 1 aliphatic rings. The number of aromatic amines is 1. The van der Waals surface area contributed by atoms with Crippen LogP contribution in [0.2, 0.25) is 0 Å². The number of carbonyl (C=O) groups excluding carboxylic acids is 2. The molecule has 1 aliphatic heterocycles. The maximum Gasteiger partial charge on any atom is 0.270 e. The van der Waals surface area contributed by atoms with E-state index in [0.717, 1.165) is 16.5 Å². The fourth-order valence-electron chi connectivity index (χ4n) is 4.21. The maximum absolute atomic E-state index is 13.2. The number of fused-ring (bicyclic) bond motifs is 1. The van der Waals surface area contributed by atoms with Gasteiger partial charge in [0.1, 0.15) is 5.69 Å². The van der Waals surface area contributed by atoms with Gasteiger partial charge < -0.3 is 14.8 Å². The highest BCUT2D eigenvalue weighted by Gasteiger charge is 2.30. The molecule has 2 amide bonds. The van der Waals surface area contributed by atoms with Crippen LogP contribution < -0.4 is 0 Å². The fraction of sp³-hybridized carbons (Fsp3) is 0.385. The number of H-pyrrole nitrogens is 1. The molecule has 6 nitrogen and oxygen atoms in total. The lowest BCUT2D eigenvalue weighted by Gasteiger charge is -2.39. The van der Waals surface area contributed by atoms with E-state index in [2.05, 4.69) is 42.8 Å². The number of amides is 2. The Labute approximate surface area is 189 Å². The Morgan fingerprint density at radius 1 is 0.938 bits per heavy atom. The van der Waals surface area contributed by atoms with Crippen LogP contribution in [0.1, 0.15) is 36.8 Å². The summed E-state index contributed by atoms with van der Waals surface area (Å²) in [6.45, 7) is 9.83. The second-order valence-electron chi connectivity index (χ2n) is 9.47. The van der Waals surface area contributed by atoms with Crippen LogP contribution in [-0.4, -0.2) is 69.8 Å². The number of piperazine rings is 1. The van der Waals surface area contributed by atoms with Crippen LogP contribution >= 0.6 is 0 Å². The van der Waals surface area contributed by atoms with E-state index in [1.807, 2.05) is 58.3 Å². The van der Waals surface area contributed by atoms with Crippen molar-refractivity contribution in [2.45, 2.75) is 32.9 Å². The first-order chi connectivity index (χ1) is 15.3. The van der Waals surface area contributed by atoms with Gasteiger partial charge >= 0.3 is 0 Å². The number of benzene rings is 2. The van der Waals surface area contributed by atoms with E-state index in [1.54, 1.807) is 0 Å². The summed E-state index contributed by atoms with van der Waals surface area (Å²) in [5.74, 6) is 0.143. The molecule has 32 heavy (non-hydrogen) atoms. The minimum Gasteiger partial charge on any atom is -0.351 e. The van der Waals surface area contributed by atoms with E-state index in [9.17, 15) is 9.59 Å². The van der Waals surface area contributed by atoms with E-state index in [4.69, 9.17) is 0 Å². The zero-order valence-electron chi connectivity index (χ0n) is 19.2. The van der Waals surface area contributed by atoms with Gasteiger partial charge in [-0.15, -0.1) is 0 Å². The molecule has 2 aromatic carbocycles. The van der Waals surface area contributed by atoms with Gasteiger partial charge in [0.15, 0.2) is 0 Å². The van der Waals surface area contributed by atoms with Gasteiger partial charge in [-0.2, -0.15) is 0 Å². The number of carbonyl (C=O) groups is 2. The van der Waals surface area contributed by atoms with Crippen molar-refractivity contribution in [1.82, 2.24) is 19.7 Å². The van der Waals surface area contributed by atoms with Crippen molar-refractivity contribution in [3.63, 3.8) is 0 Å². The van der Waals surface area contributed by atoms with E-state index in [1.165, 1.54) is 0 Å². The highest BCUT2D eigenvalue weighted by molar-refractivity contribution is 5.98. The third kappa shape index (κ3) is 5.02. The summed E-state index contributed by atoms with van der Waals surface area (Å²) in [4.78, 5) is 35.3. The lowest BCUT2D eigenvalue weighted by Crippen LogP contribution is -2.54. The largest absolute Gasteiger partial charge is 0.351 e. The predicted octanol–water partition coefficient (Wildman–Crippen LogP) is 3.75. The topological polar surface area (TPSA) is 59.7 Å². The average Bonchev–Trinajstić information content (AvgIpc) is 3.22. The lowest BCUT2D eigenvalue weighted by atomic mass is 10.0. The van der Waals surface area contributed by atoms with E-state index in [-0.39, 0.29) is 17.4 Å². The molecule has 2 heterocycles. The number of hydrogen-bond donors (Lipinski definition) is 1. The van der Waals surface area contributed by atoms with Crippen LogP contribution in [0.15, 0.2) is 60.7 Å². The fourth-order valence-corrected chi connectivity index (χ4v) is 4.21. The molecule has 6 heteroatoms. The minimum absolute atomic E-state index is 0.0209. The first-order valence-corrected chi connectivity index (χ1v) is 11.2. The van der Waals surface area contributed by atoms with E-state index < -0.39 is 0 Å². The summed E-state index contributed by atoms with van der Waals surface area (Å²) in [6.07, 6.45) is 0. The van der Waals surface area contributed by atoms with Gasteiger partial charge in [-0.25, -0.2) is 0 Å². The molecule has 1 N–H and O–H groups in total. The minimum atomic E-state index is -0.264. The molecule has 0 unspecified atom stereocenters. The number of nitrogens with one attached hydrogen (secondary N) is 1. The third-order valence-corrected chi connectivity index (χ3v) is 6.07. The molecule has 1 aromatic heterocycles. The molecule has 1 saturated heterocycles. The van der Waals surface area contributed by atoms with Crippen molar-refractivity contribution < 1.29 is 9.59 Å². The maximum atomic E-state index is 13.2. The molecule has 0 saturated carbocycles. The number of hydrogen-bond acceptors (Lipinski definition) is 3. The normalized spacial score (nSPS) is 15.2. The molecule has 1 fully saturated rings. The van der Waals surface area contributed by atoms with Crippen molar-refractivity contribution in [2.24, 2.45) is 0 Å². The highest BCUT2D eigenvalue weighted by Crippen LogP contribution is 2.19. The zero-order valence-corrected chi connectivity index (χ0v) is 19.2. The molecular formula is C26H32N4O2. The van der Waals surface area contributed by atoms with Crippen LogP contribution in [0, 0.1) is 0 Å². The lowest BCUT2D eigenvalue weighted by molar-refractivity contribution is -0.138. The summed E-state index contributed by atoms with van der Waals surface area (Å²) < 4.78 is 0. The number of aromatic nitrogens is 1. The second-order valence-corrected chi connectivity index (χ2v) is 9.47. The summed E-state index contributed by atoms with van der Waals surface area (Å²) in [5, 5.41) is 1.04. The molecule has 168 valence electrons. The van der Waals surface area contributed by atoms with Crippen LogP contribution in [0.25, 0.3) is 10.9 Å². The number of rotatable bonds is 5. The first-order valence-electron chi connectivity index (χ1n) is 11.2. The van der Waals surface area contributed by atoms with E-state index >= 15 is 0 Å². The quantitative estimate of drug-likeness (QED) is 0.668. The summed E-state index contributed by atoms with van der Waals surface area (Å²) in [7, 11) is 0. The second kappa shape index (κ2) is 9.17. The van der Waals surface area contributed by atoms with Crippen LogP contribution in [0.3, 0.4) is 0 Å². The standard InChI is InChI=1S/C26H32N4O2/c1-26(2,3)30(18-20-9-5-4-6-10-20)24(31)19-28-13-15-29(16-14-28)25(32)23-17-21-11-7-8-12-22(21)27-23/h4-12,17,27H,13-16,18-19H2,1-3H3. The van der Waals surface area contributed by atoms with Crippen LogP contribution in [0.5, 0.6) is 0 Å². The Kier molecular flexibility index (Phi) is 6.33. The Hall–Kier alpha value is -3.12. The summed E-state index contributed by atoms with van der Waals surface area (Å²) >= 11 is 0. The third-order valence-electron chi connectivity index (χ3n) is 6.07. The van der Waals surface area contributed by atoms with Crippen molar-refractivity contribution in [2.75, 3.05) is 32.7 Å².